The molecule has 1 aliphatic rings. The Morgan fingerprint density at radius 2 is 2.26 bits per heavy atom. The molecule has 5 heteroatoms. The zero-order valence-corrected chi connectivity index (χ0v) is 14.0. The van der Waals surface area contributed by atoms with Crippen LogP contribution in [0.25, 0.3) is 11.1 Å². The van der Waals surface area contributed by atoms with E-state index in [0.717, 1.165) is 41.8 Å². The Bertz CT molecular complexity index is 623. The highest BCUT2D eigenvalue weighted by molar-refractivity contribution is 5.73. The molecule has 0 aromatic carbocycles. The summed E-state index contributed by atoms with van der Waals surface area (Å²) in [6.07, 6.45) is 4.45. The molecular formula is C18H25N3O2. The van der Waals surface area contributed by atoms with Crippen molar-refractivity contribution in [1.82, 2.24) is 9.88 Å². The number of carbonyl (C=O) groups excluding carboxylic acids is 1. The number of anilines is 1. The number of hydrogen-bond donors (Lipinski definition) is 1. The van der Waals surface area contributed by atoms with Crippen LogP contribution in [0.4, 0.5) is 10.5 Å². The number of amides is 1. The van der Waals surface area contributed by atoms with Gasteiger partial charge in [0.1, 0.15) is 0 Å². The molecule has 0 aliphatic carbocycles. The van der Waals surface area contributed by atoms with Gasteiger partial charge in [-0.15, -0.1) is 0 Å². The predicted molar refractivity (Wildman–Crippen MR) is 93.8 cm³/mol. The van der Waals surface area contributed by atoms with Crippen LogP contribution in [-0.2, 0) is 4.74 Å². The lowest BCUT2D eigenvalue weighted by Crippen LogP contribution is -2.35. The van der Waals surface area contributed by atoms with Crippen LogP contribution in [0.5, 0.6) is 0 Å². The van der Waals surface area contributed by atoms with Crippen molar-refractivity contribution in [3.05, 3.63) is 36.2 Å². The van der Waals surface area contributed by atoms with E-state index in [2.05, 4.69) is 18.5 Å². The van der Waals surface area contributed by atoms with Gasteiger partial charge in [-0.2, -0.15) is 0 Å². The first-order chi connectivity index (χ1) is 11.0. The Morgan fingerprint density at radius 3 is 2.87 bits per heavy atom. The van der Waals surface area contributed by atoms with Gasteiger partial charge in [0.15, 0.2) is 0 Å². The molecule has 1 aromatic rings. The van der Waals surface area contributed by atoms with E-state index in [1.807, 2.05) is 25.1 Å². The van der Waals surface area contributed by atoms with E-state index < -0.39 is 0 Å². The van der Waals surface area contributed by atoms with E-state index in [0.29, 0.717) is 25.4 Å². The number of ether oxygens (including phenoxy) is 1. The van der Waals surface area contributed by atoms with Gasteiger partial charge in [-0.25, -0.2) is 9.78 Å². The topological polar surface area (TPSA) is 68.5 Å². The number of unbranched alkanes of at least 4 members (excludes halogenated alkanes) is 1. The van der Waals surface area contributed by atoms with Crippen molar-refractivity contribution in [3.8, 4) is 0 Å². The first-order valence-electron chi connectivity index (χ1n) is 8.05. The third-order valence-corrected chi connectivity index (χ3v) is 3.80. The fourth-order valence-corrected chi connectivity index (χ4v) is 2.40. The lowest BCUT2D eigenvalue weighted by molar-refractivity contribution is 0.105. The number of pyridine rings is 1. The second-order valence-electron chi connectivity index (χ2n) is 5.84. The smallest absolute Gasteiger partial charge is 0.410 e. The van der Waals surface area contributed by atoms with Crippen LogP contribution in [-0.4, -0.2) is 35.7 Å². The van der Waals surface area contributed by atoms with Crippen molar-refractivity contribution < 1.29 is 9.53 Å². The van der Waals surface area contributed by atoms with E-state index in [-0.39, 0.29) is 6.09 Å². The fourth-order valence-electron chi connectivity index (χ4n) is 2.40. The van der Waals surface area contributed by atoms with Crippen LogP contribution in [0.15, 0.2) is 24.8 Å². The van der Waals surface area contributed by atoms with Gasteiger partial charge < -0.3 is 15.4 Å². The van der Waals surface area contributed by atoms with Gasteiger partial charge in [0.25, 0.3) is 0 Å². The Labute approximate surface area is 137 Å². The zero-order chi connectivity index (χ0) is 16.8. The molecule has 0 saturated heterocycles. The average molecular weight is 315 g/mol. The van der Waals surface area contributed by atoms with Gasteiger partial charge in [0, 0.05) is 18.8 Å². The molecule has 0 unspecified atom stereocenters. The van der Waals surface area contributed by atoms with Gasteiger partial charge in [0.05, 0.1) is 18.0 Å². The average Bonchev–Trinajstić information content (AvgIpc) is 2.54. The third-order valence-electron chi connectivity index (χ3n) is 3.80. The molecule has 0 spiro atoms. The Kier molecular flexibility index (Phi) is 5.79. The maximum atomic E-state index is 11.9. The Morgan fingerprint density at radius 1 is 1.48 bits per heavy atom. The van der Waals surface area contributed by atoms with Crippen molar-refractivity contribution in [1.29, 1.82) is 0 Å². The minimum Gasteiger partial charge on any atom is -0.449 e. The fraction of sp³-hybridized carbons (Fsp3) is 0.444. The summed E-state index contributed by atoms with van der Waals surface area (Å²) in [6, 6.07) is 3.69. The van der Waals surface area contributed by atoms with Gasteiger partial charge >= 0.3 is 6.09 Å². The normalized spacial score (nSPS) is 14.3. The van der Waals surface area contributed by atoms with E-state index in [9.17, 15) is 4.79 Å². The summed E-state index contributed by atoms with van der Waals surface area (Å²) in [7, 11) is 0. The van der Waals surface area contributed by atoms with Crippen LogP contribution >= 0.6 is 0 Å². The monoisotopic (exact) mass is 315 g/mol. The molecule has 23 heavy (non-hydrogen) atoms. The highest BCUT2D eigenvalue weighted by Crippen LogP contribution is 2.24. The first kappa shape index (κ1) is 17.1. The molecule has 0 saturated carbocycles. The summed E-state index contributed by atoms with van der Waals surface area (Å²) in [5.41, 5.74) is 10.3. The number of aromatic nitrogens is 1. The molecule has 0 radical (unpaired) electrons. The number of nitrogens with zero attached hydrogens (tertiary/aromatic N) is 2. The quantitative estimate of drug-likeness (QED) is 0.841. The molecule has 0 fully saturated rings. The van der Waals surface area contributed by atoms with Crippen molar-refractivity contribution in [2.75, 3.05) is 25.4 Å². The lowest BCUT2D eigenvalue weighted by atomic mass is 10.0. The molecule has 124 valence electrons. The number of rotatable bonds is 5. The van der Waals surface area contributed by atoms with Crippen LogP contribution in [0.2, 0.25) is 0 Å². The summed E-state index contributed by atoms with van der Waals surface area (Å²) in [5.74, 6) is 0. The lowest BCUT2D eigenvalue weighted by Gasteiger charge is -2.26. The van der Waals surface area contributed by atoms with Crippen LogP contribution < -0.4 is 5.73 Å². The Hall–Kier alpha value is -2.30. The molecule has 0 atom stereocenters. The first-order valence-corrected chi connectivity index (χ1v) is 8.05. The third kappa shape index (κ3) is 4.58. The molecule has 5 nitrogen and oxygen atoms in total. The van der Waals surface area contributed by atoms with Gasteiger partial charge in [0.2, 0.25) is 0 Å². The molecule has 1 aliphatic heterocycles. The van der Waals surface area contributed by atoms with Gasteiger partial charge in [-0.1, -0.05) is 26.0 Å². The largest absolute Gasteiger partial charge is 0.449 e. The SMILES string of the molecule is C=C(C)c1cc(N)cc(C2=CCN(C(=O)OCCCC)CC2)n1. The summed E-state index contributed by atoms with van der Waals surface area (Å²) < 4.78 is 5.24. The maximum Gasteiger partial charge on any atom is 0.410 e. The number of hydrogen-bond acceptors (Lipinski definition) is 4. The van der Waals surface area contributed by atoms with Crippen LogP contribution in [0.3, 0.4) is 0 Å². The second kappa shape index (κ2) is 7.81. The summed E-state index contributed by atoms with van der Waals surface area (Å²) in [5, 5.41) is 0. The summed E-state index contributed by atoms with van der Waals surface area (Å²) in [4.78, 5) is 18.3. The summed E-state index contributed by atoms with van der Waals surface area (Å²) >= 11 is 0. The van der Waals surface area contributed by atoms with E-state index >= 15 is 0 Å². The van der Waals surface area contributed by atoms with Gasteiger partial charge in [-0.05, 0) is 43.0 Å². The van der Waals surface area contributed by atoms with E-state index in [1.54, 1.807) is 4.90 Å². The minimum atomic E-state index is -0.239. The molecule has 2 N–H and O–H groups in total. The van der Waals surface area contributed by atoms with Crippen LogP contribution in [0.1, 0.15) is 44.5 Å². The minimum absolute atomic E-state index is 0.239. The van der Waals surface area contributed by atoms with Crippen molar-refractivity contribution in [2.45, 2.75) is 33.1 Å². The highest BCUT2D eigenvalue weighted by atomic mass is 16.6. The highest BCUT2D eigenvalue weighted by Gasteiger charge is 2.19. The number of nitrogen functional groups attached to an aromatic ring is 1. The molecular weight excluding hydrogens is 290 g/mol. The second-order valence-corrected chi connectivity index (χ2v) is 5.84. The molecule has 1 amide bonds. The van der Waals surface area contributed by atoms with Crippen molar-refractivity contribution in [2.24, 2.45) is 0 Å². The molecule has 1 aromatic heterocycles. The maximum absolute atomic E-state index is 11.9. The van der Waals surface area contributed by atoms with Crippen molar-refractivity contribution >= 4 is 22.9 Å². The molecule has 0 bridgehead atoms. The standard InChI is InChI=1S/C18H25N3O2/c1-4-5-10-23-18(22)21-8-6-14(7-9-21)17-12-15(19)11-16(20-17)13(2)3/h6,11-12H,2,4-5,7-10H2,1,3H3,(H2,19,20). The number of nitrogens with two attached hydrogens (primary N) is 1. The molecule has 2 heterocycles. The van der Waals surface area contributed by atoms with Crippen LogP contribution in [0, 0.1) is 0 Å². The van der Waals surface area contributed by atoms with E-state index in [4.69, 9.17) is 10.5 Å². The zero-order valence-electron chi connectivity index (χ0n) is 14.0. The van der Waals surface area contributed by atoms with Crippen molar-refractivity contribution in [3.63, 3.8) is 0 Å². The number of allylic oxidation sites excluding steroid dienone is 1. The summed E-state index contributed by atoms with van der Waals surface area (Å²) in [6.45, 7) is 9.56. The number of carbonyl (C=O) groups is 1. The Balaban J connectivity index is 2.04. The van der Waals surface area contributed by atoms with Gasteiger partial charge in [-0.3, -0.25) is 0 Å². The molecule has 2 rings (SSSR count). The predicted octanol–water partition coefficient (Wildman–Crippen LogP) is 3.72. The van der Waals surface area contributed by atoms with E-state index in [1.165, 1.54) is 0 Å².